The van der Waals surface area contributed by atoms with Gasteiger partial charge in [-0.3, -0.25) is 14.5 Å². The highest BCUT2D eigenvalue weighted by Gasteiger charge is 2.27. The van der Waals surface area contributed by atoms with Gasteiger partial charge < -0.3 is 4.90 Å². The molecule has 4 rings (SSSR count). The lowest BCUT2D eigenvalue weighted by Crippen LogP contribution is -2.34. The van der Waals surface area contributed by atoms with E-state index in [2.05, 4.69) is 40.4 Å². The van der Waals surface area contributed by atoms with E-state index in [0.717, 1.165) is 53.4 Å². The number of hydrogen-bond donors (Lipinski definition) is 0. The SMILES string of the molecule is CN(C)C1CCC(C(=O)Cc2cc3cc(-c4cn(C)nn4)ccc3cn2)CC1. The molecule has 0 amide bonds. The molecule has 0 saturated heterocycles. The number of pyridine rings is 1. The molecule has 0 bridgehead atoms. The first-order valence-corrected chi connectivity index (χ1v) is 9.94. The topological polar surface area (TPSA) is 63.9 Å². The van der Waals surface area contributed by atoms with Crippen molar-refractivity contribution in [2.24, 2.45) is 13.0 Å². The number of ketones is 1. The molecule has 0 N–H and O–H groups in total. The summed E-state index contributed by atoms with van der Waals surface area (Å²) >= 11 is 0. The van der Waals surface area contributed by atoms with Crippen LogP contribution in [0.3, 0.4) is 0 Å². The van der Waals surface area contributed by atoms with Gasteiger partial charge in [0, 0.05) is 48.3 Å². The van der Waals surface area contributed by atoms with Crippen molar-refractivity contribution in [1.82, 2.24) is 24.9 Å². The minimum Gasteiger partial charge on any atom is -0.306 e. The molecule has 6 nitrogen and oxygen atoms in total. The Morgan fingerprint density at radius 2 is 1.93 bits per heavy atom. The van der Waals surface area contributed by atoms with Crippen LogP contribution in [0, 0.1) is 5.92 Å². The molecule has 0 atom stereocenters. The largest absolute Gasteiger partial charge is 0.306 e. The average molecular weight is 377 g/mol. The van der Waals surface area contributed by atoms with Crippen molar-refractivity contribution in [2.45, 2.75) is 38.1 Å². The zero-order valence-electron chi connectivity index (χ0n) is 16.8. The van der Waals surface area contributed by atoms with Crippen molar-refractivity contribution < 1.29 is 4.79 Å². The Kier molecular flexibility index (Phi) is 5.22. The number of carbonyl (C=O) groups excluding carboxylic acids is 1. The molecular formula is C22H27N5O. The molecule has 0 aliphatic heterocycles. The summed E-state index contributed by atoms with van der Waals surface area (Å²) in [6.07, 6.45) is 8.38. The highest BCUT2D eigenvalue weighted by atomic mass is 16.1. The van der Waals surface area contributed by atoms with E-state index in [4.69, 9.17) is 0 Å². The van der Waals surface area contributed by atoms with Crippen LogP contribution in [-0.2, 0) is 18.3 Å². The maximum absolute atomic E-state index is 12.8. The fraction of sp³-hybridized carbons (Fsp3) is 0.455. The van der Waals surface area contributed by atoms with Crippen LogP contribution in [0.5, 0.6) is 0 Å². The van der Waals surface area contributed by atoms with Crippen molar-refractivity contribution in [3.05, 3.63) is 42.4 Å². The summed E-state index contributed by atoms with van der Waals surface area (Å²) < 4.78 is 1.70. The van der Waals surface area contributed by atoms with Crippen molar-refractivity contribution in [3.8, 4) is 11.3 Å². The molecular weight excluding hydrogens is 350 g/mol. The lowest BCUT2D eigenvalue weighted by Gasteiger charge is -2.31. The van der Waals surface area contributed by atoms with Crippen LogP contribution < -0.4 is 0 Å². The van der Waals surface area contributed by atoms with E-state index in [9.17, 15) is 4.79 Å². The monoisotopic (exact) mass is 377 g/mol. The number of benzene rings is 1. The number of aromatic nitrogens is 4. The van der Waals surface area contributed by atoms with Crippen LogP contribution in [-0.4, -0.2) is 50.8 Å². The van der Waals surface area contributed by atoms with Gasteiger partial charge in [-0.1, -0.05) is 17.3 Å². The fourth-order valence-electron chi connectivity index (χ4n) is 4.16. The first-order valence-electron chi connectivity index (χ1n) is 9.94. The van der Waals surface area contributed by atoms with Crippen LogP contribution in [0.1, 0.15) is 31.4 Å². The molecule has 146 valence electrons. The van der Waals surface area contributed by atoms with E-state index >= 15 is 0 Å². The van der Waals surface area contributed by atoms with Gasteiger partial charge in [0.1, 0.15) is 11.5 Å². The quantitative estimate of drug-likeness (QED) is 0.683. The highest BCUT2D eigenvalue weighted by Crippen LogP contribution is 2.28. The molecule has 1 aliphatic rings. The first-order chi connectivity index (χ1) is 13.5. The predicted octanol–water partition coefficient (Wildman–Crippen LogP) is 3.26. The van der Waals surface area contributed by atoms with Gasteiger partial charge in [-0.2, -0.15) is 0 Å². The minimum atomic E-state index is 0.180. The van der Waals surface area contributed by atoms with Gasteiger partial charge in [0.25, 0.3) is 0 Å². The van der Waals surface area contributed by atoms with Crippen molar-refractivity contribution in [2.75, 3.05) is 14.1 Å². The Morgan fingerprint density at radius 1 is 1.14 bits per heavy atom. The van der Waals surface area contributed by atoms with E-state index in [1.807, 2.05) is 37.6 Å². The normalized spacial score (nSPS) is 20.0. The van der Waals surface area contributed by atoms with E-state index in [0.29, 0.717) is 18.2 Å². The van der Waals surface area contributed by atoms with Gasteiger partial charge in [0.2, 0.25) is 0 Å². The van der Waals surface area contributed by atoms with Crippen LogP contribution in [0.4, 0.5) is 0 Å². The number of fused-ring (bicyclic) bond motifs is 1. The van der Waals surface area contributed by atoms with Gasteiger partial charge in [-0.15, -0.1) is 5.10 Å². The predicted molar refractivity (Wildman–Crippen MR) is 110 cm³/mol. The Labute approximate surface area is 165 Å². The molecule has 0 spiro atoms. The number of nitrogens with zero attached hydrogens (tertiary/aromatic N) is 5. The molecule has 3 aromatic rings. The minimum absolute atomic E-state index is 0.180. The summed E-state index contributed by atoms with van der Waals surface area (Å²) in [5.74, 6) is 0.508. The second-order valence-corrected chi connectivity index (χ2v) is 8.13. The number of rotatable bonds is 5. The molecule has 1 aromatic carbocycles. The molecule has 6 heteroatoms. The molecule has 1 fully saturated rings. The van der Waals surface area contributed by atoms with Crippen LogP contribution in [0.25, 0.3) is 22.0 Å². The maximum atomic E-state index is 12.8. The van der Waals surface area contributed by atoms with Crippen molar-refractivity contribution in [1.29, 1.82) is 0 Å². The lowest BCUT2D eigenvalue weighted by molar-refractivity contribution is -0.123. The molecule has 0 radical (unpaired) electrons. The second-order valence-electron chi connectivity index (χ2n) is 8.13. The summed E-state index contributed by atoms with van der Waals surface area (Å²) in [5, 5.41) is 10.3. The van der Waals surface area contributed by atoms with Crippen LogP contribution in [0.2, 0.25) is 0 Å². The zero-order valence-corrected chi connectivity index (χ0v) is 16.8. The highest BCUT2D eigenvalue weighted by molar-refractivity contribution is 5.88. The van der Waals surface area contributed by atoms with Crippen molar-refractivity contribution in [3.63, 3.8) is 0 Å². The van der Waals surface area contributed by atoms with Crippen LogP contribution in [0.15, 0.2) is 36.7 Å². The van der Waals surface area contributed by atoms with Crippen LogP contribution >= 0.6 is 0 Å². The summed E-state index contributed by atoms with van der Waals surface area (Å²) in [7, 11) is 6.11. The fourth-order valence-corrected chi connectivity index (χ4v) is 4.16. The standard InChI is InChI=1S/C22H27N5O/c1-26(2)20-8-6-15(7-9-20)22(28)12-19-11-18-10-16(4-5-17(18)13-23-19)21-14-27(3)25-24-21/h4-5,10-11,13-15,20H,6-9,12H2,1-3H3. The number of hydrogen-bond acceptors (Lipinski definition) is 5. The van der Waals surface area contributed by atoms with E-state index in [1.165, 1.54) is 0 Å². The summed E-state index contributed by atoms with van der Waals surface area (Å²) in [4.78, 5) is 19.6. The number of aryl methyl sites for hydroxylation is 1. The molecule has 2 aromatic heterocycles. The lowest BCUT2D eigenvalue weighted by atomic mass is 9.82. The third-order valence-electron chi connectivity index (χ3n) is 5.91. The van der Waals surface area contributed by atoms with Crippen molar-refractivity contribution >= 4 is 16.6 Å². The Balaban J connectivity index is 1.49. The third kappa shape index (κ3) is 3.97. The summed E-state index contributed by atoms with van der Waals surface area (Å²) in [6, 6.07) is 8.82. The molecule has 0 unspecified atom stereocenters. The Hall–Kier alpha value is -2.60. The van der Waals surface area contributed by atoms with Gasteiger partial charge in [0.15, 0.2) is 0 Å². The molecule has 1 aliphatic carbocycles. The molecule has 2 heterocycles. The smallest absolute Gasteiger partial charge is 0.141 e. The van der Waals surface area contributed by atoms with E-state index in [-0.39, 0.29) is 5.92 Å². The third-order valence-corrected chi connectivity index (χ3v) is 5.91. The van der Waals surface area contributed by atoms with E-state index in [1.54, 1.807) is 4.68 Å². The Bertz CT molecular complexity index is 986. The molecule has 28 heavy (non-hydrogen) atoms. The second kappa shape index (κ2) is 7.80. The van der Waals surface area contributed by atoms with Gasteiger partial charge in [0.05, 0.1) is 6.20 Å². The number of carbonyl (C=O) groups is 1. The van der Waals surface area contributed by atoms with Gasteiger partial charge >= 0.3 is 0 Å². The zero-order chi connectivity index (χ0) is 19.7. The summed E-state index contributed by atoms with van der Waals surface area (Å²) in [5.41, 5.74) is 2.71. The average Bonchev–Trinajstić information content (AvgIpc) is 3.14. The first kappa shape index (κ1) is 18.7. The van der Waals surface area contributed by atoms with Gasteiger partial charge in [-0.25, -0.2) is 0 Å². The van der Waals surface area contributed by atoms with E-state index < -0.39 is 0 Å². The summed E-state index contributed by atoms with van der Waals surface area (Å²) in [6.45, 7) is 0. The maximum Gasteiger partial charge on any atom is 0.141 e. The molecule has 1 saturated carbocycles. The Morgan fingerprint density at radius 3 is 2.61 bits per heavy atom. The number of Topliss-reactive ketones (excluding diaryl/α,β-unsaturated/α-hetero) is 1. The van der Waals surface area contributed by atoms with Gasteiger partial charge in [-0.05, 0) is 57.3 Å².